The second-order valence-corrected chi connectivity index (χ2v) is 9.84. The Hall–Kier alpha value is -1.86. The molecule has 0 atom stereocenters. The van der Waals surface area contributed by atoms with E-state index in [0.717, 1.165) is 35.0 Å². The number of alkyl halides is 3. The molecule has 1 radical (unpaired) electrons. The highest BCUT2D eigenvalue weighted by Crippen LogP contribution is 2.29. The topological polar surface area (TPSA) is 43.2 Å². The van der Waals surface area contributed by atoms with Crippen LogP contribution in [0.2, 0.25) is 0 Å². The van der Waals surface area contributed by atoms with Crippen LogP contribution in [-0.2, 0) is 19.3 Å². The third kappa shape index (κ3) is 11.6. The lowest BCUT2D eigenvalue weighted by atomic mass is 10.1. The van der Waals surface area contributed by atoms with Gasteiger partial charge in [0.25, 0.3) is 5.91 Å². The number of benzene rings is 2. The number of carbonyl (C=O) groups excluding carboxylic acids is 1. The Bertz CT molecular complexity index is 902. The maximum absolute atomic E-state index is 12.8. The molecule has 0 aliphatic carbocycles. The van der Waals surface area contributed by atoms with Crippen molar-refractivity contribution in [3.8, 4) is 0 Å². The Balaban J connectivity index is 1.65. The van der Waals surface area contributed by atoms with Gasteiger partial charge in [0.1, 0.15) is 0 Å². The predicted octanol–water partition coefficient (Wildman–Crippen LogP) is 8.42. The molecule has 2 rings (SSSR count). The van der Waals surface area contributed by atoms with Crippen molar-refractivity contribution < 1.29 is 18.0 Å². The molecule has 1 N–H and O–H groups in total. The molecule has 193 valence electrons. The standard InChI is InChI=1S/C28H37BrF3N2O/c1-2-3-4-5-6-7-8-9-10-11-17-34-27(35)23-15-16-24(26(29)19-23)21-33-20-22-13-12-14-25(18-22)28(30,31)32/h12-16,18-19H,2-11,17,20-21H2,1H3,(H,34,35). The summed E-state index contributed by atoms with van der Waals surface area (Å²) in [6, 6.07) is 10.6. The molecule has 0 unspecified atom stereocenters. The molecule has 0 fully saturated rings. The van der Waals surface area contributed by atoms with E-state index in [1.165, 1.54) is 57.4 Å². The van der Waals surface area contributed by atoms with Gasteiger partial charge in [0.05, 0.1) is 5.56 Å². The highest BCUT2D eigenvalue weighted by molar-refractivity contribution is 9.10. The van der Waals surface area contributed by atoms with Gasteiger partial charge >= 0.3 is 6.18 Å². The van der Waals surface area contributed by atoms with E-state index in [9.17, 15) is 18.0 Å². The zero-order chi connectivity index (χ0) is 25.5. The molecule has 3 nitrogen and oxygen atoms in total. The fourth-order valence-corrected chi connectivity index (χ4v) is 4.39. The molecule has 7 heteroatoms. The Labute approximate surface area is 216 Å². The number of amides is 1. The maximum atomic E-state index is 12.8. The summed E-state index contributed by atoms with van der Waals surface area (Å²) in [5, 5.41) is 7.36. The highest BCUT2D eigenvalue weighted by atomic mass is 79.9. The number of hydrogen-bond donors (Lipinski definition) is 1. The third-order valence-corrected chi connectivity index (χ3v) is 6.70. The van der Waals surface area contributed by atoms with Crippen molar-refractivity contribution in [1.29, 1.82) is 0 Å². The van der Waals surface area contributed by atoms with Gasteiger partial charge in [-0.05, 0) is 35.7 Å². The molecule has 2 aromatic rings. The predicted molar refractivity (Wildman–Crippen MR) is 139 cm³/mol. The van der Waals surface area contributed by atoms with Crippen LogP contribution < -0.4 is 10.6 Å². The summed E-state index contributed by atoms with van der Waals surface area (Å²) >= 11 is 3.49. The molecule has 35 heavy (non-hydrogen) atoms. The molecule has 0 heterocycles. The van der Waals surface area contributed by atoms with Crippen molar-refractivity contribution in [3.05, 3.63) is 69.2 Å². The second kappa shape index (κ2) is 16.0. The van der Waals surface area contributed by atoms with Gasteiger partial charge in [-0.3, -0.25) is 4.79 Å². The summed E-state index contributed by atoms with van der Waals surface area (Å²) in [7, 11) is 0. The van der Waals surface area contributed by atoms with Gasteiger partial charge < -0.3 is 5.32 Å². The Morgan fingerprint density at radius 3 is 2.17 bits per heavy atom. The molecule has 0 saturated carbocycles. The van der Waals surface area contributed by atoms with Crippen LogP contribution in [0.4, 0.5) is 13.2 Å². The van der Waals surface area contributed by atoms with Gasteiger partial charge in [-0.1, -0.05) is 105 Å². The van der Waals surface area contributed by atoms with Crippen LogP contribution in [0.5, 0.6) is 0 Å². The summed E-state index contributed by atoms with van der Waals surface area (Å²) in [5.74, 6) is -0.103. The minimum atomic E-state index is -4.36. The highest BCUT2D eigenvalue weighted by Gasteiger charge is 2.30. The van der Waals surface area contributed by atoms with Gasteiger partial charge in [-0.25, -0.2) is 5.32 Å². The van der Waals surface area contributed by atoms with E-state index in [4.69, 9.17) is 0 Å². The van der Waals surface area contributed by atoms with E-state index in [2.05, 4.69) is 33.5 Å². The van der Waals surface area contributed by atoms with Gasteiger partial charge in [-0.15, -0.1) is 0 Å². The van der Waals surface area contributed by atoms with Crippen molar-refractivity contribution in [2.24, 2.45) is 0 Å². The Morgan fingerprint density at radius 1 is 0.886 bits per heavy atom. The van der Waals surface area contributed by atoms with Crippen LogP contribution in [0.1, 0.15) is 98.2 Å². The molecule has 0 aliphatic heterocycles. The van der Waals surface area contributed by atoms with E-state index in [1.807, 2.05) is 6.07 Å². The molecule has 0 bridgehead atoms. The lowest BCUT2D eigenvalue weighted by molar-refractivity contribution is -0.137. The van der Waals surface area contributed by atoms with E-state index in [0.29, 0.717) is 24.2 Å². The first-order chi connectivity index (χ1) is 16.8. The quantitative estimate of drug-likeness (QED) is 0.208. The monoisotopic (exact) mass is 553 g/mol. The number of nitrogens with zero attached hydrogens (tertiary/aromatic N) is 1. The smallest absolute Gasteiger partial charge is 0.352 e. The minimum absolute atomic E-state index is 0.103. The fraction of sp³-hybridized carbons (Fsp3) is 0.536. The van der Waals surface area contributed by atoms with Crippen LogP contribution in [0, 0.1) is 0 Å². The molecule has 0 saturated heterocycles. The SMILES string of the molecule is CCCCCCCCCCCCNC(=O)c1ccc(C[N]Cc2cccc(C(F)(F)F)c2)c(Br)c1. The number of rotatable bonds is 16. The molecule has 0 aromatic heterocycles. The lowest BCUT2D eigenvalue weighted by Crippen LogP contribution is -2.24. The van der Waals surface area contributed by atoms with Crippen molar-refractivity contribution in [2.45, 2.75) is 90.4 Å². The van der Waals surface area contributed by atoms with Crippen molar-refractivity contribution >= 4 is 21.8 Å². The van der Waals surface area contributed by atoms with E-state index in [-0.39, 0.29) is 12.5 Å². The van der Waals surface area contributed by atoms with Crippen LogP contribution in [0.15, 0.2) is 46.9 Å². The van der Waals surface area contributed by atoms with E-state index >= 15 is 0 Å². The summed E-state index contributed by atoms with van der Waals surface area (Å²) in [5.41, 5.74) is 1.30. The minimum Gasteiger partial charge on any atom is -0.352 e. The number of unbranched alkanes of at least 4 members (excludes halogenated alkanes) is 9. The summed E-state index contributed by atoms with van der Waals surface area (Å²) in [6.45, 7) is 3.44. The third-order valence-electron chi connectivity index (χ3n) is 5.96. The summed E-state index contributed by atoms with van der Waals surface area (Å²) in [6.07, 6.45) is 8.22. The fourth-order valence-electron chi connectivity index (χ4n) is 3.88. The normalized spacial score (nSPS) is 11.6. The Kier molecular flexibility index (Phi) is 13.4. The first-order valence-electron chi connectivity index (χ1n) is 12.7. The summed E-state index contributed by atoms with van der Waals surface area (Å²) in [4.78, 5) is 12.4. The van der Waals surface area contributed by atoms with Crippen molar-refractivity contribution in [1.82, 2.24) is 10.6 Å². The van der Waals surface area contributed by atoms with Crippen molar-refractivity contribution in [2.75, 3.05) is 6.54 Å². The van der Waals surface area contributed by atoms with Gasteiger partial charge in [0, 0.05) is 29.7 Å². The van der Waals surface area contributed by atoms with Crippen LogP contribution in [-0.4, -0.2) is 12.5 Å². The second-order valence-electron chi connectivity index (χ2n) is 8.98. The van der Waals surface area contributed by atoms with Gasteiger partial charge in [0.15, 0.2) is 0 Å². The average Bonchev–Trinajstić information content (AvgIpc) is 2.83. The summed E-state index contributed by atoms with van der Waals surface area (Å²) < 4.78 is 39.3. The molecule has 0 aliphatic rings. The molecular weight excluding hydrogens is 517 g/mol. The van der Waals surface area contributed by atoms with Crippen LogP contribution >= 0.6 is 15.9 Å². The Morgan fingerprint density at radius 2 is 1.54 bits per heavy atom. The number of halogens is 4. The van der Waals surface area contributed by atoms with Crippen LogP contribution in [0.3, 0.4) is 0 Å². The lowest BCUT2D eigenvalue weighted by Gasteiger charge is -2.10. The molecule has 0 spiro atoms. The van der Waals surface area contributed by atoms with E-state index in [1.54, 1.807) is 18.2 Å². The van der Waals surface area contributed by atoms with Gasteiger partial charge in [0.2, 0.25) is 0 Å². The average molecular weight is 555 g/mol. The van der Waals surface area contributed by atoms with Gasteiger partial charge in [-0.2, -0.15) is 13.2 Å². The van der Waals surface area contributed by atoms with Crippen molar-refractivity contribution in [3.63, 3.8) is 0 Å². The first kappa shape index (κ1) is 29.4. The first-order valence-corrected chi connectivity index (χ1v) is 13.5. The molecular formula is C28H37BrF3N2O. The maximum Gasteiger partial charge on any atom is 0.416 e. The molecule has 1 amide bonds. The number of nitrogens with one attached hydrogen (secondary N) is 1. The number of hydrogen-bond acceptors (Lipinski definition) is 1. The molecule has 2 aromatic carbocycles. The van der Waals surface area contributed by atoms with Crippen LogP contribution in [0.25, 0.3) is 0 Å². The largest absolute Gasteiger partial charge is 0.416 e. The zero-order valence-electron chi connectivity index (χ0n) is 20.6. The van der Waals surface area contributed by atoms with E-state index < -0.39 is 11.7 Å². The number of carbonyl (C=O) groups is 1. The zero-order valence-corrected chi connectivity index (χ0v) is 22.2.